The van der Waals surface area contributed by atoms with Crippen LogP contribution < -0.4 is 0 Å². The number of alkyl halides is 2. The van der Waals surface area contributed by atoms with E-state index < -0.39 is 12.2 Å². The van der Waals surface area contributed by atoms with E-state index in [-0.39, 0.29) is 0 Å². The van der Waals surface area contributed by atoms with Crippen molar-refractivity contribution in [3.8, 4) is 0 Å². The monoisotopic (exact) mass is 282 g/mol. The maximum Gasteiger partial charge on any atom is 0.299 e. The zero-order chi connectivity index (χ0) is 13.8. The van der Waals surface area contributed by atoms with Gasteiger partial charge in [-0.3, -0.25) is 0 Å². The van der Waals surface area contributed by atoms with Gasteiger partial charge in [0.05, 0.1) is 6.21 Å². The predicted molar refractivity (Wildman–Crippen MR) is 70.9 cm³/mol. The summed E-state index contributed by atoms with van der Waals surface area (Å²) in [6.07, 6.45) is 0.537. The molecular weight excluding hydrogens is 270 g/mol. The predicted octanol–water partition coefficient (Wildman–Crippen LogP) is 3.13. The topological polar surface area (TPSA) is 43.1 Å². The van der Waals surface area contributed by atoms with E-state index in [1.165, 1.54) is 18.0 Å². The van der Waals surface area contributed by atoms with Crippen LogP contribution in [0.5, 0.6) is 0 Å². The average molecular weight is 282 g/mol. The van der Waals surface area contributed by atoms with Gasteiger partial charge < -0.3 is 0 Å². The first-order valence-electron chi connectivity index (χ1n) is 5.50. The van der Waals surface area contributed by atoms with Gasteiger partial charge in [-0.2, -0.15) is 9.78 Å². The van der Waals surface area contributed by atoms with Gasteiger partial charge >= 0.3 is 0 Å². The minimum absolute atomic E-state index is 0.332. The van der Waals surface area contributed by atoms with Crippen molar-refractivity contribution in [1.29, 1.82) is 0 Å². The fourth-order valence-corrected chi connectivity index (χ4v) is 1.86. The van der Waals surface area contributed by atoms with E-state index in [9.17, 15) is 8.78 Å². The number of thioether (sulfide) groups is 1. The van der Waals surface area contributed by atoms with Gasteiger partial charge in [-0.1, -0.05) is 41.6 Å². The summed E-state index contributed by atoms with van der Waals surface area (Å²) in [6.45, 7) is 1.97. The highest BCUT2D eigenvalue weighted by Gasteiger charge is 2.19. The van der Waals surface area contributed by atoms with Gasteiger partial charge in [-0.15, -0.1) is 10.2 Å². The second-order valence-corrected chi connectivity index (χ2v) is 4.59. The molecule has 0 fully saturated rings. The second-order valence-electron chi connectivity index (χ2n) is 3.81. The summed E-state index contributed by atoms with van der Waals surface area (Å²) in [5.74, 6) is -0.451. The molecule has 0 aliphatic rings. The van der Waals surface area contributed by atoms with Crippen LogP contribution in [0.1, 0.15) is 23.4 Å². The molecule has 0 N–H and O–H groups in total. The van der Waals surface area contributed by atoms with Crippen LogP contribution >= 0.6 is 11.8 Å². The van der Waals surface area contributed by atoms with E-state index in [2.05, 4.69) is 15.3 Å². The molecule has 0 aliphatic carbocycles. The molecule has 0 bridgehead atoms. The third-order valence-corrected chi connectivity index (χ3v) is 3.03. The molecule has 0 amide bonds. The van der Waals surface area contributed by atoms with Crippen LogP contribution in [0.3, 0.4) is 0 Å². The zero-order valence-corrected chi connectivity index (χ0v) is 11.2. The van der Waals surface area contributed by atoms with Crippen LogP contribution in [-0.2, 0) is 0 Å². The smallest absolute Gasteiger partial charge is 0.201 e. The molecule has 2 aromatic rings. The number of aryl methyl sites for hydroxylation is 1. The first kappa shape index (κ1) is 13.7. The molecule has 7 heteroatoms. The lowest BCUT2D eigenvalue weighted by molar-refractivity contribution is 0.135. The molecule has 0 saturated carbocycles. The summed E-state index contributed by atoms with van der Waals surface area (Å²) in [5, 5.41) is 11.5. The highest BCUT2D eigenvalue weighted by molar-refractivity contribution is 7.98. The van der Waals surface area contributed by atoms with Crippen molar-refractivity contribution in [1.82, 2.24) is 14.9 Å². The summed E-state index contributed by atoms with van der Waals surface area (Å²) >= 11 is 1.21. The van der Waals surface area contributed by atoms with Gasteiger partial charge in [-0.05, 0) is 18.7 Å². The Labute approximate surface area is 113 Å². The molecule has 0 saturated heterocycles. The van der Waals surface area contributed by atoms with E-state index in [0.717, 1.165) is 15.8 Å². The van der Waals surface area contributed by atoms with Crippen molar-refractivity contribution in [3.63, 3.8) is 0 Å². The van der Waals surface area contributed by atoms with Gasteiger partial charge in [0, 0.05) is 0 Å². The van der Waals surface area contributed by atoms with Crippen LogP contribution in [0.2, 0.25) is 0 Å². The quantitative estimate of drug-likeness (QED) is 0.639. The first-order chi connectivity index (χ1) is 9.11. The minimum atomic E-state index is -2.71. The van der Waals surface area contributed by atoms with E-state index in [1.807, 2.05) is 31.2 Å². The molecule has 1 aromatic heterocycles. The number of halogens is 2. The Morgan fingerprint density at radius 3 is 2.53 bits per heavy atom. The van der Waals surface area contributed by atoms with Gasteiger partial charge in [0.2, 0.25) is 11.0 Å². The van der Waals surface area contributed by atoms with Crippen molar-refractivity contribution in [3.05, 3.63) is 41.2 Å². The number of benzene rings is 1. The minimum Gasteiger partial charge on any atom is -0.201 e. The molecular formula is C12H12F2N4S. The van der Waals surface area contributed by atoms with Gasteiger partial charge in [0.25, 0.3) is 6.43 Å². The Hall–Kier alpha value is -1.76. The number of hydrogen-bond donors (Lipinski definition) is 0. The van der Waals surface area contributed by atoms with Crippen molar-refractivity contribution >= 4 is 18.0 Å². The van der Waals surface area contributed by atoms with Crippen LogP contribution in [0.4, 0.5) is 8.78 Å². The molecule has 1 aromatic carbocycles. The molecule has 100 valence electrons. The number of rotatable bonds is 4. The average Bonchev–Trinajstić information content (AvgIpc) is 2.81. The SMILES string of the molecule is CSc1nnc(C(F)F)n1/N=C/c1ccc(C)cc1. The Balaban J connectivity index is 2.31. The van der Waals surface area contributed by atoms with Crippen molar-refractivity contribution in [2.75, 3.05) is 6.26 Å². The maximum atomic E-state index is 12.7. The number of hydrogen-bond acceptors (Lipinski definition) is 4. The highest BCUT2D eigenvalue weighted by Crippen LogP contribution is 2.21. The summed E-state index contributed by atoms with van der Waals surface area (Å²) in [4.78, 5) is 0. The molecule has 0 radical (unpaired) electrons. The molecule has 0 spiro atoms. The Morgan fingerprint density at radius 1 is 1.26 bits per heavy atom. The van der Waals surface area contributed by atoms with Crippen LogP contribution in [0.15, 0.2) is 34.5 Å². The van der Waals surface area contributed by atoms with Crippen LogP contribution in [-0.4, -0.2) is 27.3 Å². The van der Waals surface area contributed by atoms with E-state index in [0.29, 0.717) is 5.16 Å². The molecule has 0 unspecified atom stereocenters. The molecule has 1 heterocycles. The summed E-state index contributed by atoms with van der Waals surface area (Å²) in [6, 6.07) is 7.59. The standard InChI is InChI=1S/C12H12F2N4S/c1-8-3-5-9(6-4-8)7-15-18-11(10(13)14)16-17-12(18)19-2/h3-7,10H,1-2H3/b15-7+. The van der Waals surface area contributed by atoms with Crippen molar-refractivity contribution in [2.45, 2.75) is 18.5 Å². The van der Waals surface area contributed by atoms with Crippen molar-refractivity contribution < 1.29 is 8.78 Å². The highest BCUT2D eigenvalue weighted by atomic mass is 32.2. The first-order valence-corrected chi connectivity index (χ1v) is 6.72. The van der Waals surface area contributed by atoms with E-state index in [4.69, 9.17) is 0 Å². The van der Waals surface area contributed by atoms with Crippen molar-refractivity contribution in [2.24, 2.45) is 5.10 Å². The molecule has 19 heavy (non-hydrogen) atoms. The van der Waals surface area contributed by atoms with Crippen LogP contribution in [0.25, 0.3) is 0 Å². The molecule has 2 rings (SSSR count). The number of aromatic nitrogens is 3. The second kappa shape index (κ2) is 5.92. The van der Waals surface area contributed by atoms with Gasteiger partial charge in [0.15, 0.2) is 0 Å². The van der Waals surface area contributed by atoms with Gasteiger partial charge in [-0.25, -0.2) is 8.78 Å². The zero-order valence-electron chi connectivity index (χ0n) is 10.4. The largest absolute Gasteiger partial charge is 0.299 e. The Morgan fingerprint density at radius 2 is 1.95 bits per heavy atom. The Kier molecular flexibility index (Phi) is 4.26. The lowest BCUT2D eigenvalue weighted by Crippen LogP contribution is -2.00. The van der Waals surface area contributed by atoms with E-state index >= 15 is 0 Å². The summed E-state index contributed by atoms with van der Waals surface area (Å²) in [7, 11) is 0. The maximum absolute atomic E-state index is 12.7. The van der Waals surface area contributed by atoms with Crippen LogP contribution in [0, 0.1) is 6.92 Å². The Bertz CT molecular complexity index is 578. The summed E-state index contributed by atoms with van der Waals surface area (Å²) in [5.41, 5.74) is 1.95. The third-order valence-electron chi connectivity index (χ3n) is 2.41. The third kappa shape index (κ3) is 3.17. The molecule has 0 atom stereocenters. The molecule has 4 nitrogen and oxygen atoms in total. The fraction of sp³-hybridized carbons (Fsp3) is 0.250. The lowest BCUT2D eigenvalue weighted by atomic mass is 10.2. The molecule has 0 aliphatic heterocycles. The lowest BCUT2D eigenvalue weighted by Gasteiger charge is -2.01. The van der Waals surface area contributed by atoms with Gasteiger partial charge in [0.1, 0.15) is 0 Å². The fourth-order valence-electron chi connectivity index (χ4n) is 1.43. The normalized spacial score (nSPS) is 11.6. The van der Waals surface area contributed by atoms with E-state index in [1.54, 1.807) is 6.26 Å². The number of nitrogens with zero attached hydrogens (tertiary/aromatic N) is 4. The summed E-state index contributed by atoms with van der Waals surface area (Å²) < 4.78 is 26.6.